The van der Waals surface area contributed by atoms with Crippen LogP contribution in [0.15, 0.2) is 36.7 Å². The van der Waals surface area contributed by atoms with E-state index in [0.717, 1.165) is 6.42 Å². The fourth-order valence-corrected chi connectivity index (χ4v) is 1.65. The van der Waals surface area contributed by atoms with Crippen molar-refractivity contribution in [2.45, 2.75) is 19.8 Å². The van der Waals surface area contributed by atoms with Crippen LogP contribution < -0.4 is 4.74 Å². The van der Waals surface area contributed by atoms with Gasteiger partial charge in [0.15, 0.2) is 0 Å². The molecule has 0 bridgehead atoms. The Bertz CT molecular complexity index is 570. The summed E-state index contributed by atoms with van der Waals surface area (Å²) in [6.45, 7) is 2.01. The van der Waals surface area contributed by atoms with Crippen molar-refractivity contribution in [3.63, 3.8) is 0 Å². The third-order valence-corrected chi connectivity index (χ3v) is 2.46. The zero-order valence-electron chi connectivity index (χ0n) is 10.5. The maximum Gasteiger partial charge on any atom is 0.335 e. The monoisotopic (exact) mass is 258 g/mol. The number of carboxylic acids is 1. The third kappa shape index (κ3) is 3.51. The van der Waals surface area contributed by atoms with E-state index in [2.05, 4.69) is 9.97 Å². The Morgan fingerprint density at radius 2 is 2.26 bits per heavy atom. The van der Waals surface area contributed by atoms with Gasteiger partial charge >= 0.3 is 5.97 Å². The Morgan fingerprint density at radius 1 is 1.42 bits per heavy atom. The first kappa shape index (κ1) is 13.0. The molecule has 0 saturated heterocycles. The molecule has 19 heavy (non-hydrogen) atoms. The van der Waals surface area contributed by atoms with Crippen molar-refractivity contribution in [1.82, 2.24) is 9.97 Å². The molecule has 0 radical (unpaired) electrons. The van der Waals surface area contributed by atoms with E-state index in [0.29, 0.717) is 17.9 Å². The predicted molar refractivity (Wildman–Crippen MR) is 69.5 cm³/mol. The first-order chi connectivity index (χ1) is 9.19. The fraction of sp³-hybridized carbons (Fsp3) is 0.214. The number of aryl methyl sites for hydroxylation is 1. The Labute approximate surface area is 110 Å². The van der Waals surface area contributed by atoms with Crippen LogP contribution in [-0.2, 0) is 6.42 Å². The minimum atomic E-state index is -0.990. The largest absolute Gasteiger partial charge is 0.478 e. The molecule has 5 nitrogen and oxygen atoms in total. The van der Waals surface area contributed by atoms with E-state index in [1.54, 1.807) is 30.6 Å². The van der Waals surface area contributed by atoms with Crippen LogP contribution in [0.3, 0.4) is 0 Å². The molecule has 2 aromatic rings. The molecule has 0 spiro atoms. The van der Waals surface area contributed by atoms with Crippen LogP contribution in [-0.4, -0.2) is 21.0 Å². The summed E-state index contributed by atoms with van der Waals surface area (Å²) in [6, 6.07) is 6.46. The standard InChI is InChI=1S/C14H14N2O3/c1-2-4-11-7-10(14(17)18)8-13(16-11)19-12-5-3-6-15-9-12/h3,5-9H,2,4H2,1H3,(H,17,18). The van der Waals surface area contributed by atoms with Gasteiger partial charge in [-0.1, -0.05) is 13.3 Å². The van der Waals surface area contributed by atoms with Crippen LogP contribution in [0.5, 0.6) is 11.6 Å². The molecule has 5 heteroatoms. The van der Waals surface area contributed by atoms with Crippen LogP contribution >= 0.6 is 0 Å². The topological polar surface area (TPSA) is 72.3 Å². The summed E-state index contributed by atoms with van der Waals surface area (Å²) in [5.41, 5.74) is 0.888. The van der Waals surface area contributed by atoms with Crippen molar-refractivity contribution in [1.29, 1.82) is 0 Å². The lowest BCUT2D eigenvalue weighted by atomic mass is 10.1. The number of aromatic carboxylic acids is 1. The van der Waals surface area contributed by atoms with Crippen LogP contribution in [0.25, 0.3) is 0 Å². The summed E-state index contributed by atoms with van der Waals surface area (Å²) >= 11 is 0. The molecule has 0 saturated carbocycles. The SMILES string of the molecule is CCCc1cc(C(=O)O)cc(Oc2cccnc2)n1. The second kappa shape index (κ2) is 5.95. The molecule has 1 N–H and O–H groups in total. The summed E-state index contributed by atoms with van der Waals surface area (Å²) in [5, 5.41) is 9.07. The summed E-state index contributed by atoms with van der Waals surface area (Å²) < 4.78 is 5.52. The average molecular weight is 258 g/mol. The number of carboxylic acid groups (broad SMARTS) is 1. The molecule has 0 atom stereocenters. The van der Waals surface area contributed by atoms with E-state index in [9.17, 15) is 4.79 Å². The van der Waals surface area contributed by atoms with Crippen LogP contribution in [0.2, 0.25) is 0 Å². The highest BCUT2D eigenvalue weighted by Crippen LogP contribution is 2.20. The van der Waals surface area contributed by atoms with Crippen LogP contribution in [0, 0.1) is 0 Å². The zero-order chi connectivity index (χ0) is 13.7. The lowest BCUT2D eigenvalue weighted by molar-refractivity contribution is 0.0696. The van der Waals surface area contributed by atoms with E-state index >= 15 is 0 Å². The summed E-state index contributed by atoms with van der Waals surface area (Å²) in [6.07, 6.45) is 4.79. The van der Waals surface area contributed by atoms with Crippen LogP contribution in [0.1, 0.15) is 29.4 Å². The number of carbonyl (C=O) groups is 1. The molecule has 0 aliphatic heterocycles. The molecule has 2 rings (SSSR count). The Hall–Kier alpha value is -2.43. The van der Waals surface area contributed by atoms with Crippen molar-refractivity contribution in [2.75, 3.05) is 0 Å². The molecule has 2 aromatic heterocycles. The lowest BCUT2D eigenvalue weighted by Gasteiger charge is -2.07. The molecular weight excluding hydrogens is 244 g/mol. The van der Waals surface area contributed by atoms with Crippen molar-refractivity contribution in [2.24, 2.45) is 0 Å². The number of hydrogen-bond donors (Lipinski definition) is 1. The van der Waals surface area contributed by atoms with Crippen molar-refractivity contribution >= 4 is 5.97 Å². The van der Waals surface area contributed by atoms with Gasteiger partial charge in [0.25, 0.3) is 0 Å². The average Bonchev–Trinajstić information content (AvgIpc) is 2.40. The molecule has 0 aliphatic rings. The smallest absolute Gasteiger partial charge is 0.335 e. The second-order valence-corrected chi connectivity index (χ2v) is 4.03. The van der Waals surface area contributed by atoms with Gasteiger partial charge in [0.05, 0.1) is 11.8 Å². The van der Waals surface area contributed by atoms with Gasteiger partial charge in [0.2, 0.25) is 5.88 Å². The van der Waals surface area contributed by atoms with Gasteiger partial charge in [-0.3, -0.25) is 4.98 Å². The number of ether oxygens (including phenoxy) is 1. The first-order valence-corrected chi connectivity index (χ1v) is 6.01. The number of pyridine rings is 2. The first-order valence-electron chi connectivity index (χ1n) is 6.01. The van der Waals surface area contributed by atoms with E-state index < -0.39 is 5.97 Å². The van der Waals surface area contributed by atoms with Gasteiger partial charge in [-0.05, 0) is 24.6 Å². The number of nitrogens with zero attached hydrogens (tertiary/aromatic N) is 2. The van der Waals surface area contributed by atoms with Crippen molar-refractivity contribution in [3.05, 3.63) is 47.9 Å². The minimum Gasteiger partial charge on any atom is -0.478 e. The number of hydrogen-bond acceptors (Lipinski definition) is 4. The molecular formula is C14H14N2O3. The molecule has 0 aliphatic carbocycles. The van der Waals surface area contributed by atoms with E-state index in [1.807, 2.05) is 6.92 Å². The van der Waals surface area contributed by atoms with E-state index in [4.69, 9.17) is 9.84 Å². The number of rotatable bonds is 5. The van der Waals surface area contributed by atoms with Gasteiger partial charge in [0.1, 0.15) is 5.75 Å². The molecule has 98 valence electrons. The fourth-order valence-electron chi connectivity index (χ4n) is 1.65. The Morgan fingerprint density at radius 3 is 2.89 bits per heavy atom. The highest BCUT2D eigenvalue weighted by atomic mass is 16.5. The minimum absolute atomic E-state index is 0.178. The van der Waals surface area contributed by atoms with Gasteiger partial charge < -0.3 is 9.84 Å². The van der Waals surface area contributed by atoms with Gasteiger partial charge in [-0.25, -0.2) is 9.78 Å². The van der Waals surface area contributed by atoms with Crippen molar-refractivity contribution in [3.8, 4) is 11.6 Å². The lowest BCUT2D eigenvalue weighted by Crippen LogP contribution is -2.02. The molecule has 0 aromatic carbocycles. The Balaban J connectivity index is 2.31. The second-order valence-electron chi connectivity index (χ2n) is 4.03. The van der Waals surface area contributed by atoms with E-state index in [-0.39, 0.29) is 11.4 Å². The number of aromatic nitrogens is 2. The highest BCUT2D eigenvalue weighted by molar-refractivity contribution is 5.88. The maximum atomic E-state index is 11.1. The van der Waals surface area contributed by atoms with Gasteiger partial charge in [-0.15, -0.1) is 0 Å². The molecule has 0 fully saturated rings. The summed E-state index contributed by atoms with van der Waals surface area (Å²) in [4.78, 5) is 19.3. The summed E-state index contributed by atoms with van der Waals surface area (Å²) in [7, 11) is 0. The van der Waals surface area contributed by atoms with Gasteiger partial charge in [-0.2, -0.15) is 0 Å². The predicted octanol–water partition coefficient (Wildman–Crippen LogP) is 2.92. The Kier molecular flexibility index (Phi) is 4.07. The maximum absolute atomic E-state index is 11.1. The normalized spacial score (nSPS) is 10.2. The highest BCUT2D eigenvalue weighted by Gasteiger charge is 2.09. The van der Waals surface area contributed by atoms with Gasteiger partial charge in [0, 0.05) is 18.0 Å². The van der Waals surface area contributed by atoms with Crippen molar-refractivity contribution < 1.29 is 14.6 Å². The summed E-state index contributed by atoms with van der Waals surface area (Å²) in [5.74, 6) is -0.188. The third-order valence-electron chi connectivity index (χ3n) is 2.46. The molecule has 0 unspecified atom stereocenters. The molecule has 0 amide bonds. The van der Waals surface area contributed by atoms with E-state index in [1.165, 1.54) is 6.07 Å². The molecule has 2 heterocycles. The van der Waals surface area contributed by atoms with Crippen LogP contribution in [0.4, 0.5) is 0 Å². The zero-order valence-corrected chi connectivity index (χ0v) is 10.5. The quantitative estimate of drug-likeness (QED) is 0.892.